The number of piperidine rings is 1. The second kappa shape index (κ2) is 8.07. The number of nitrogens with zero attached hydrogens (tertiary/aromatic N) is 2. The summed E-state index contributed by atoms with van der Waals surface area (Å²) in [7, 11) is 1.66. The maximum Gasteiger partial charge on any atom is 0.167 e. The molecule has 29 heavy (non-hydrogen) atoms. The summed E-state index contributed by atoms with van der Waals surface area (Å²) in [6.45, 7) is 1.79. The summed E-state index contributed by atoms with van der Waals surface area (Å²) in [5, 5.41) is 5.63. The van der Waals surface area contributed by atoms with Gasteiger partial charge < -0.3 is 14.0 Å². The van der Waals surface area contributed by atoms with Gasteiger partial charge in [0.15, 0.2) is 17.1 Å². The summed E-state index contributed by atoms with van der Waals surface area (Å²) in [6, 6.07) is 18.1. The maximum absolute atomic E-state index is 5.94. The Morgan fingerprint density at radius 2 is 1.97 bits per heavy atom. The largest absolute Gasteiger partial charge is 0.493 e. The molecule has 2 aliphatic heterocycles. The van der Waals surface area contributed by atoms with Crippen molar-refractivity contribution in [2.24, 2.45) is 0 Å². The van der Waals surface area contributed by atoms with Crippen LogP contribution in [0.1, 0.15) is 43.7 Å². The number of rotatable bonds is 7. The van der Waals surface area contributed by atoms with Gasteiger partial charge in [0.25, 0.3) is 0 Å². The lowest BCUT2D eigenvalue weighted by Crippen LogP contribution is -2.43. The first kappa shape index (κ1) is 18.5. The Kier molecular flexibility index (Phi) is 5.15. The Morgan fingerprint density at radius 1 is 1.14 bits per heavy atom. The molecule has 2 unspecified atom stereocenters. The predicted molar refractivity (Wildman–Crippen MR) is 111 cm³/mol. The van der Waals surface area contributed by atoms with Gasteiger partial charge in [0.05, 0.1) is 19.4 Å². The summed E-state index contributed by atoms with van der Waals surface area (Å²) < 4.78 is 16.8. The lowest BCUT2D eigenvalue weighted by atomic mass is 9.87. The molecule has 2 fully saturated rings. The van der Waals surface area contributed by atoms with Crippen molar-refractivity contribution in [3.8, 4) is 11.5 Å². The first-order valence-corrected chi connectivity index (χ1v) is 10.6. The number of hydrogen-bond donors (Lipinski definition) is 0. The Balaban J connectivity index is 1.18. The van der Waals surface area contributed by atoms with Gasteiger partial charge >= 0.3 is 0 Å². The minimum Gasteiger partial charge on any atom is -0.493 e. The molecule has 2 atom stereocenters. The van der Waals surface area contributed by atoms with Crippen LogP contribution in [0.15, 0.2) is 47.0 Å². The molecule has 0 saturated carbocycles. The number of ether oxygens (including phenoxy) is 2. The standard InChI is InChI=1S/C24H27N2O3/c1-27-22-9-4-5-10-23(22)28-14-6-13-26-18-11-12-19(26)16-17(15-18)24-20-7-2-3-8-21(20)29-25-24/h2-3,5,7-10,17-19H,6,11-16H2,1H3. The lowest BCUT2D eigenvalue weighted by molar-refractivity contribution is 0.116. The van der Waals surface area contributed by atoms with Crippen LogP contribution in [0.2, 0.25) is 0 Å². The van der Waals surface area contributed by atoms with Gasteiger partial charge in [-0.3, -0.25) is 4.90 Å². The van der Waals surface area contributed by atoms with Crippen LogP contribution in [-0.4, -0.2) is 42.4 Å². The van der Waals surface area contributed by atoms with Crippen LogP contribution in [0.25, 0.3) is 11.0 Å². The fourth-order valence-electron chi connectivity index (χ4n) is 5.17. The van der Waals surface area contributed by atoms with Crippen LogP contribution in [0.4, 0.5) is 0 Å². The summed E-state index contributed by atoms with van der Waals surface area (Å²) >= 11 is 0. The Morgan fingerprint density at radius 3 is 2.79 bits per heavy atom. The van der Waals surface area contributed by atoms with Crippen molar-refractivity contribution < 1.29 is 14.0 Å². The van der Waals surface area contributed by atoms with Crippen molar-refractivity contribution in [2.75, 3.05) is 20.3 Å². The summed E-state index contributed by atoms with van der Waals surface area (Å²) in [6.07, 6.45) is 5.96. The topological polar surface area (TPSA) is 47.7 Å². The molecule has 3 aromatic rings. The molecule has 0 aliphatic carbocycles. The summed E-state index contributed by atoms with van der Waals surface area (Å²) in [5.41, 5.74) is 2.07. The Bertz CT molecular complexity index is 955. The fourth-order valence-corrected chi connectivity index (χ4v) is 5.17. The van der Waals surface area contributed by atoms with Crippen LogP contribution in [0, 0.1) is 6.07 Å². The van der Waals surface area contributed by atoms with Gasteiger partial charge in [-0.2, -0.15) is 0 Å². The van der Waals surface area contributed by atoms with E-state index in [2.05, 4.69) is 28.3 Å². The SMILES string of the molecule is COc1c[c]ccc1OCCCN1C2CCC1CC(c1noc3ccccc13)C2. The van der Waals surface area contributed by atoms with Crippen molar-refractivity contribution in [3.63, 3.8) is 0 Å². The highest BCUT2D eigenvalue weighted by molar-refractivity contribution is 5.79. The third-order valence-corrected chi connectivity index (χ3v) is 6.50. The average molecular weight is 391 g/mol. The Hall–Kier alpha value is -2.53. The van der Waals surface area contributed by atoms with E-state index in [9.17, 15) is 0 Å². The van der Waals surface area contributed by atoms with E-state index in [1.54, 1.807) is 7.11 Å². The normalized spacial score (nSPS) is 24.1. The zero-order chi connectivity index (χ0) is 19.6. The summed E-state index contributed by atoms with van der Waals surface area (Å²) in [4.78, 5) is 2.71. The monoisotopic (exact) mass is 391 g/mol. The van der Waals surface area contributed by atoms with E-state index in [-0.39, 0.29) is 0 Å². The lowest BCUT2D eigenvalue weighted by Gasteiger charge is -2.38. The molecule has 2 bridgehead atoms. The van der Waals surface area contributed by atoms with E-state index < -0.39 is 0 Å². The van der Waals surface area contributed by atoms with E-state index >= 15 is 0 Å². The Labute approximate surface area is 171 Å². The maximum atomic E-state index is 5.94. The minimum atomic E-state index is 0.508. The molecule has 2 aliphatic rings. The third-order valence-electron chi connectivity index (χ3n) is 6.50. The second-order valence-electron chi connectivity index (χ2n) is 8.13. The number of benzene rings is 2. The molecule has 1 radical (unpaired) electrons. The van der Waals surface area contributed by atoms with Gasteiger partial charge in [0.1, 0.15) is 0 Å². The van der Waals surface area contributed by atoms with Crippen LogP contribution in [-0.2, 0) is 0 Å². The highest BCUT2D eigenvalue weighted by Crippen LogP contribution is 2.44. The van der Waals surface area contributed by atoms with Crippen molar-refractivity contribution in [1.29, 1.82) is 0 Å². The molecular formula is C24H27N2O3. The predicted octanol–water partition coefficient (Wildman–Crippen LogP) is 4.82. The molecule has 151 valence electrons. The molecule has 2 aromatic carbocycles. The number of para-hydroxylation sites is 1. The zero-order valence-electron chi connectivity index (χ0n) is 16.8. The quantitative estimate of drug-likeness (QED) is 0.541. The van der Waals surface area contributed by atoms with Crippen LogP contribution in [0.3, 0.4) is 0 Å². The number of aromatic nitrogens is 1. The minimum absolute atomic E-state index is 0.508. The number of fused-ring (bicyclic) bond motifs is 3. The molecular weight excluding hydrogens is 364 g/mol. The van der Waals surface area contributed by atoms with E-state index in [0.29, 0.717) is 24.6 Å². The van der Waals surface area contributed by atoms with Gasteiger partial charge in [-0.15, -0.1) is 0 Å². The fraction of sp³-hybridized carbons (Fsp3) is 0.458. The molecule has 5 heteroatoms. The van der Waals surface area contributed by atoms with Gasteiger partial charge in [0.2, 0.25) is 0 Å². The second-order valence-corrected chi connectivity index (χ2v) is 8.13. The van der Waals surface area contributed by atoms with Crippen molar-refractivity contribution in [2.45, 2.75) is 50.1 Å². The van der Waals surface area contributed by atoms with Crippen molar-refractivity contribution >= 4 is 11.0 Å². The van der Waals surface area contributed by atoms with E-state index in [1.165, 1.54) is 31.1 Å². The molecule has 0 N–H and O–H groups in total. The number of hydrogen-bond acceptors (Lipinski definition) is 5. The van der Waals surface area contributed by atoms with Gasteiger partial charge in [0, 0.05) is 29.9 Å². The molecule has 3 heterocycles. The highest BCUT2D eigenvalue weighted by atomic mass is 16.5. The van der Waals surface area contributed by atoms with Crippen LogP contribution >= 0.6 is 0 Å². The first-order chi connectivity index (χ1) is 14.3. The van der Waals surface area contributed by atoms with E-state index in [0.717, 1.165) is 35.7 Å². The molecule has 1 aromatic heterocycles. The smallest absolute Gasteiger partial charge is 0.167 e. The number of methoxy groups -OCH3 is 1. The first-order valence-electron chi connectivity index (χ1n) is 10.6. The van der Waals surface area contributed by atoms with Crippen LogP contribution < -0.4 is 9.47 Å². The third kappa shape index (κ3) is 3.60. The van der Waals surface area contributed by atoms with E-state index in [4.69, 9.17) is 14.0 Å². The molecule has 5 nitrogen and oxygen atoms in total. The molecule has 0 spiro atoms. The summed E-state index contributed by atoms with van der Waals surface area (Å²) in [5.74, 6) is 2.05. The van der Waals surface area contributed by atoms with Gasteiger partial charge in [-0.25, -0.2) is 0 Å². The zero-order valence-corrected chi connectivity index (χ0v) is 16.8. The molecule has 0 amide bonds. The molecule has 5 rings (SSSR count). The van der Waals surface area contributed by atoms with E-state index in [1.807, 2.05) is 30.3 Å². The van der Waals surface area contributed by atoms with Crippen molar-refractivity contribution in [3.05, 3.63) is 54.2 Å². The van der Waals surface area contributed by atoms with Gasteiger partial charge in [-0.05, 0) is 62.4 Å². The van der Waals surface area contributed by atoms with Crippen LogP contribution in [0.5, 0.6) is 11.5 Å². The average Bonchev–Trinajstić information content (AvgIpc) is 3.29. The van der Waals surface area contributed by atoms with Crippen molar-refractivity contribution in [1.82, 2.24) is 10.1 Å². The molecule has 2 saturated heterocycles. The van der Waals surface area contributed by atoms with Gasteiger partial charge in [-0.1, -0.05) is 23.4 Å². The highest BCUT2D eigenvalue weighted by Gasteiger charge is 2.41.